The van der Waals surface area contributed by atoms with Crippen LogP contribution in [0.15, 0.2) is 0 Å². The first-order valence-corrected chi connectivity index (χ1v) is 8.42. The van der Waals surface area contributed by atoms with Gasteiger partial charge in [-0.1, -0.05) is 6.92 Å². The summed E-state index contributed by atoms with van der Waals surface area (Å²) >= 11 is 0. The van der Waals surface area contributed by atoms with E-state index in [4.69, 9.17) is 4.74 Å². The molecule has 1 aliphatic rings. The second-order valence-corrected chi connectivity index (χ2v) is 6.74. The van der Waals surface area contributed by atoms with Crippen molar-refractivity contribution < 1.29 is 19.1 Å². The second-order valence-electron chi connectivity index (χ2n) is 6.74. The van der Waals surface area contributed by atoms with Crippen molar-refractivity contribution in [1.29, 1.82) is 0 Å². The summed E-state index contributed by atoms with van der Waals surface area (Å²) < 4.78 is 5.33. The maximum absolute atomic E-state index is 12.4. The highest BCUT2D eigenvalue weighted by Crippen LogP contribution is 2.21. The first-order valence-electron chi connectivity index (χ1n) is 8.42. The molecule has 1 atom stereocenters. The molecule has 0 bridgehead atoms. The van der Waals surface area contributed by atoms with Crippen LogP contribution in [0.5, 0.6) is 0 Å². The minimum absolute atomic E-state index is 0.105. The first kappa shape index (κ1) is 18.2. The van der Waals surface area contributed by atoms with Crippen molar-refractivity contribution in [2.45, 2.75) is 53.6 Å². The van der Waals surface area contributed by atoms with E-state index in [1.807, 2.05) is 0 Å². The minimum atomic E-state index is -0.838. The number of H-pyrrole nitrogens is 1. The number of nitrogens with zero attached hydrogens (tertiary/aromatic N) is 1. The summed E-state index contributed by atoms with van der Waals surface area (Å²) in [4.78, 5) is 41.1. The average Bonchev–Trinajstić information content (AvgIpc) is 2.82. The van der Waals surface area contributed by atoms with E-state index in [2.05, 4.69) is 11.9 Å². The SMILES string of the molecule is CC(=O)c1c(C)[nH]c(C(=O)O[C@H](C)C(=O)N2CCC(C)CC2)c1C. The van der Waals surface area contributed by atoms with Gasteiger partial charge in [0.25, 0.3) is 5.91 Å². The van der Waals surface area contributed by atoms with Gasteiger partial charge in [-0.3, -0.25) is 9.59 Å². The number of nitrogens with one attached hydrogen (secondary N) is 1. The summed E-state index contributed by atoms with van der Waals surface area (Å²) in [5.41, 5.74) is 1.95. The van der Waals surface area contributed by atoms with E-state index in [-0.39, 0.29) is 17.4 Å². The topological polar surface area (TPSA) is 79.5 Å². The van der Waals surface area contributed by atoms with E-state index < -0.39 is 12.1 Å². The Balaban J connectivity index is 2.05. The number of carbonyl (C=O) groups is 3. The summed E-state index contributed by atoms with van der Waals surface area (Å²) in [5, 5.41) is 0. The molecule has 1 aromatic heterocycles. The lowest BCUT2D eigenvalue weighted by Crippen LogP contribution is -2.44. The molecule has 0 saturated carbocycles. The van der Waals surface area contributed by atoms with Crippen LogP contribution in [0.3, 0.4) is 0 Å². The Morgan fingerprint density at radius 3 is 2.29 bits per heavy atom. The molecule has 24 heavy (non-hydrogen) atoms. The van der Waals surface area contributed by atoms with Gasteiger partial charge in [0.15, 0.2) is 11.9 Å². The number of Topliss-reactive ketones (excluding diaryl/α,β-unsaturated/α-hetero) is 1. The van der Waals surface area contributed by atoms with Crippen LogP contribution < -0.4 is 0 Å². The number of amides is 1. The number of aromatic amines is 1. The van der Waals surface area contributed by atoms with Gasteiger partial charge in [0, 0.05) is 24.3 Å². The van der Waals surface area contributed by atoms with Crippen LogP contribution in [0.2, 0.25) is 0 Å². The molecule has 0 radical (unpaired) electrons. The second kappa shape index (κ2) is 7.20. The van der Waals surface area contributed by atoms with Crippen molar-refractivity contribution in [3.8, 4) is 0 Å². The fraction of sp³-hybridized carbons (Fsp3) is 0.611. The summed E-state index contributed by atoms with van der Waals surface area (Å²) in [6, 6.07) is 0. The molecule has 0 spiro atoms. The van der Waals surface area contributed by atoms with E-state index in [0.29, 0.717) is 35.8 Å². The molecule has 2 heterocycles. The van der Waals surface area contributed by atoms with Crippen molar-refractivity contribution in [2.75, 3.05) is 13.1 Å². The minimum Gasteiger partial charge on any atom is -0.448 e. The predicted octanol–water partition coefficient (Wildman–Crippen LogP) is 2.64. The molecule has 1 saturated heterocycles. The number of aryl methyl sites for hydroxylation is 1. The van der Waals surface area contributed by atoms with Crippen LogP contribution in [-0.4, -0.2) is 46.7 Å². The van der Waals surface area contributed by atoms with Crippen molar-refractivity contribution in [2.24, 2.45) is 5.92 Å². The molecule has 0 unspecified atom stereocenters. The highest BCUT2D eigenvalue weighted by atomic mass is 16.5. The monoisotopic (exact) mass is 334 g/mol. The van der Waals surface area contributed by atoms with Crippen molar-refractivity contribution >= 4 is 17.7 Å². The Morgan fingerprint density at radius 2 is 1.79 bits per heavy atom. The van der Waals surface area contributed by atoms with Gasteiger partial charge >= 0.3 is 5.97 Å². The molecule has 1 aliphatic heterocycles. The maximum Gasteiger partial charge on any atom is 0.355 e. The molecule has 132 valence electrons. The maximum atomic E-state index is 12.4. The molecule has 6 heteroatoms. The molecule has 1 amide bonds. The van der Waals surface area contributed by atoms with Gasteiger partial charge < -0.3 is 14.6 Å². The van der Waals surface area contributed by atoms with E-state index in [1.165, 1.54) is 6.92 Å². The van der Waals surface area contributed by atoms with Gasteiger partial charge in [0.1, 0.15) is 5.69 Å². The zero-order valence-corrected chi connectivity index (χ0v) is 15.1. The quantitative estimate of drug-likeness (QED) is 0.678. The summed E-state index contributed by atoms with van der Waals surface area (Å²) in [5.74, 6) is -0.245. The zero-order chi connectivity index (χ0) is 18.0. The number of carbonyl (C=O) groups excluding carboxylic acids is 3. The highest BCUT2D eigenvalue weighted by Gasteiger charge is 2.28. The van der Waals surface area contributed by atoms with Gasteiger partial charge in [-0.2, -0.15) is 0 Å². The van der Waals surface area contributed by atoms with Crippen molar-refractivity contribution in [3.63, 3.8) is 0 Å². The van der Waals surface area contributed by atoms with Gasteiger partial charge in [-0.25, -0.2) is 4.79 Å². The first-order chi connectivity index (χ1) is 11.2. The summed E-state index contributed by atoms with van der Waals surface area (Å²) in [6.45, 7) is 10.1. The lowest BCUT2D eigenvalue weighted by Gasteiger charge is -2.31. The third kappa shape index (κ3) is 3.68. The Kier molecular flexibility index (Phi) is 5.47. The zero-order valence-electron chi connectivity index (χ0n) is 15.1. The summed E-state index contributed by atoms with van der Waals surface area (Å²) in [7, 11) is 0. The number of rotatable bonds is 4. The standard InChI is InChI=1S/C18H26N2O4/c1-10-6-8-20(9-7-10)17(22)14(5)24-18(23)16-11(2)15(13(4)21)12(3)19-16/h10,14,19H,6-9H2,1-5H3/t14-/m1/s1. The molecular weight excluding hydrogens is 308 g/mol. The third-order valence-corrected chi connectivity index (χ3v) is 4.72. The number of hydrogen-bond acceptors (Lipinski definition) is 4. The third-order valence-electron chi connectivity index (χ3n) is 4.72. The van der Waals surface area contributed by atoms with E-state index >= 15 is 0 Å². The van der Waals surface area contributed by atoms with Crippen LogP contribution in [0.25, 0.3) is 0 Å². The van der Waals surface area contributed by atoms with E-state index in [0.717, 1.165) is 12.8 Å². The molecule has 6 nitrogen and oxygen atoms in total. The molecule has 1 N–H and O–H groups in total. The molecule has 0 aliphatic carbocycles. The van der Waals surface area contributed by atoms with Gasteiger partial charge in [0.05, 0.1) is 0 Å². The number of ether oxygens (including phenoxy) is 1. The number of likely N-dealkylation sites (tertiary alicyclic amines) is 1. The number of hydrogen-bond donors (Lipinski definition) is 1. The van der Waals surface area contributed by atoms with Gasteiger partial charge in [-0.05, 0) is 52.0 Å². The summed E-state index contributed by atoms with van der Waals surface area (Å²) in [6.07, 6.45) is 1.11. The number of piperidine rings is 1. The Labute approximate surface area is 142 Å². The average molecular weight is 334 g/mol. The molecular formula is C18H26N2O4. The Hall–Kier alpha value is -2.11. The Bertz CT molecular complexity index is 654. The van der Waals surface area contributed by atoms with Crippen LogP contribution in [-0.2, 0) is 9.53 Å². The van der Waals surface area contributed by atoms with Crippen LogP contribution in [0.1, 0.15) is 65.7 Å². The molecule has 2 rings (SSSR count). The largest absolute Gasteiger partial charge is 0.448 e. The molecule has 1 aromatic rings. The van der Waals surface area contributed by atoms with Crippen LogP contribution >= 0.6 is 0 Å². The lowest BCUT2D eigenvalue weighted by atomic mass is 9.99. The smallest absolute Gasteiger partial charge is 0.355 e. The van der Waals surface area contributed by atoms with Gasteiger partial charge in [0.2, 0.25) is 0 Å². The highest BCUT2D eigenvalue weighted by molar-refractivity contribution is 6.01. The van der Waals surface area contributed by atoms with Crippen LogP contribution in [0.4, 0.5) is 0 Å². The number of aromatic nitrogens is 1. The Morgan fingerprint density at radius 1 is 1.21 bits per heavy atom. The van der Waals surface area contributed by atoms with Gasteiger partial charge in [-0.15, -0.1) is 0 Å². The number of ketones is 1. The molecule has 1 fully saturated rings. The predicted molar refractivity (Wildman–Crippen MR) is 90.1 cm³/mol. The van der Waals surface area contributed by atoms with E-state index in [1.54, 1.807) is 25.7 Å². The lowest BCUT2D eigenvalue weighted by molar-refractivity contribution is -0.141. The van der Waals surface area contributed by atoms with E-state index in [9.17, 15) is 14.4 Å². The fourth-order valence-corrected chi connectivity index (χ4v) is 3.24. The van der Waals surface area contributed by atoms with Crippen molar-refractivity contribution in [1.82, 2.24) is 9.88 Å². The molecule has 0 aromatic carbocycles. The number of esters is 1. The fourth-order valence-electron chi connectivity index (χ4n) is 3.24. The normalized spacial score (nSPS) is 16.8. The van der Waals surface area contributed by atoms with Crippen LogP contribution in [0, 0.1) is 19.8 Å². The van der Waals surface area contributed by atoms with Crippen molar-refractivity contribution in [3.05, 3.63) is 22.5 Å².